The molecule has 0 atom stereocenters. The Hall–Kier alpha value is -1.64. The highest BCUT2D eigenvalue weighted by Gasteiger charge is 2.08. The number of aromatic nitrogens is 1. The van der Waals surface area contributed by atoms with Crippen LogP contribution in [0.15, 0.2) is 28.7 Å². The number of benzene rings is 1. The molecule has 0 aliphatic heterocycles. The van der Waals surface area contributed by atoms with Crippen molar-refractivity contribution in [1.29, 1.82) is 0 Å². The van der Waals surface area contributed by atoms with E-state index in [0.29, 0.717) is 5.89 Å². The van der Waals surface area contributed by atoms with E-state index < -0.39 is 0 Å². The molecule has 0 aliphatic rings. The Kier molecular flexibility index (Phi) is 2.08. The van der Waals surface area contributed by atoms with Gasteiger partial charge < -0.3 is 4.42 Å². The lowest BCUT2D eigenvalue weighted by Crippen LogP contribution is -1.81. The molecule has 14 heavy (non-hydrogen) atoms. The quantitative estimate of drug-likeness (QED) is 0.692. The van der Waals surface area contributed by atoms with E-state index >= 15 is 0 Å². The minimum absolute atomic E-state index is 0.244. The average molecular weight is 191 g/mol. The van der Waals surface area contributed by atoms with Crippen molar-refractivity contribution in [3.8, 4) is 11.3 Å². The van der Waals surface area contributed by atoms with E-state index in [0.717, 1.165) is 17.0 Å². The molecule has 0 amide bonds. The van der Waals surface area contributed by atoms with Gasteiger partial charge in [-0.25, -0.2) is 9.37 Å². The van der Waals surface area contributed by atoms with Crippen molar-refractivity contribution in [2.75, 3.05) is 0 Å². The molecule has 2 rings (SSSR count). The molecule has 2 nitrogen and oxygen atoms in total. The van der Waals surface area contributed by atoms with Gasteiger partial charge in [-0.3, -0.25) is 0 Å². The second-order valence-corrected chi connectivity index (χ2v) is 3.14. The SMILES string of the molecule is Cc1nc(-c2ccc(F)cc2)c(C)o1. The van der Waals surface area contributed by atoms with Crippen LogP contribution >= 0.6 is 0 Å². The van der Waals surface area contributed by atoms with Crippen molar-refractivity contribution >= 4 is 0 Å². The zero-order valence-electron chi connectivity index (χ0n) is 8.04. The maximum absolute atomic E-state index is 12.7. The van der Waals surface area contributed by atoms with Crippen LogP contribution in [0.1, 0.15) is 11.7 Å². The first-order chi connectivity index (χ1) is 6.66. The van der Waals surface area contributed by atoms with Crippen LogP contribution in [0.5, 0.6) is 0 Å². The van der Waals surface area contributed by atoms with E-state index in [1.807, 2.05) is 6.92 Å². The second kappa shape index (κ2) is 3.25. The van der Waals surface area contributed by atoms with Gasteiger partial charge in [0.2, 0.25) is 0 Å². The highest BCUT2D eigenvalue weighted by Crippen LogP contribution is 2.22. The fourth-order valence-electron chi connectivity index (χ4n) is 1.40. The molecule has 0 spiro atoms. The fourth-order valence-corrected chi connectivity index (χ4v) is 1.40. The van der Waals surface area contributed by atoms with Crippen LogP contribution in [0.4, 0.5) is 4.39 Å². The van der Waals surface area contributed by atoms with Gasteiger partial charge in [-0.15, -0.1) is 0 Å². The zero-order chi connectivity index (χ0) is 10.1. The van der Waals surface area contributed by atoms with E-state index in [4.69, 9.17) is 4.42 Å². The standard InChI is InChI=1S/C11H10FNO/c1-7-11(13-8(2)14-7)9-3-5-10(12)6-4-9/h3-6H,1-2H3. The molecular weight excluding hydrogens is 181 g/mol. The lowest BCUT2D eigenvalue weighted by molar-refractivity contribution is 0.495. The molecule has 0 saturated heterocycles. The van der Waals surface area contributed by atoms with Gasteiger partial charge >= 0.3 is 0 Å². The summed E-state index contributed by atoms with van der Waals surface area (Å²) in [5.41, 5.74) is 1.66. The summed E-state index contributed by atoms with van der Waals surface area (Å²) in [6.07, 6.45) is 0. The molecule has 0 fully saturated rings. The van der Waals surface area contributed by atoms with Gasteiger partial charge in [0.15, 0.2) is 5.89 Å². The number of nitrogens with zero attached hydrogens (tertiary/aromatic N) is 1. The third-order valence-corrected chi connectivity index (χ3v) is 2.02. The van der Waals surface area contributed by atoms with Crippen LogP contribution in [0.3, 0.4) is 0 Å². The molecule has 1 heterocycles. The highest BCUT2D eigenvalue weighted by atomic mass is 19.1. The Morgan fingerprint density at radius 3 is 2.29 bits per heavy atom. The summed E-state index contributed by atoms with van der Waals surface area (Å²) in [5, 5.41) is 0. The molecule has 0 radical (unpaired) electrons. The van der Waals surface area contributed by atoms with Crippen molar-refractivity contribution in [3.63, 3.8) is 0 Å². The number of aryl methyl sites for hydroxylation is 2. The summed E-state index contributed by atoms with van der Waals surface area (Å²) in [7, 11) is 0. The Bertz CT molecular complexity index is 445. The van der Waals surface area contributed by atoms with Crippen LogP contribution in [-0.4, -0.2) is 4.98 Å². The molecule has 0 aliphatic carbocycles. The van der Waals surface area contributed by atoms with Crippen LogP contribution in [0.25, 0.3) is 11.3 Å². The van der Waals surface area contributed by atoms with Crippen LogP contribution in [-0.2, 0) is 0 Å². The molecular formula is C11H10FNO. The summed E-state index contributed by atoms with van der Waals surface area (Å²) in [6.45, 7) is 3.64. The van der Waals surface area contributed by atoms with Gasteiger partial charge in [0.1, 0.15) is 17.3 Å². The first-order valence-electron chi connectivity index (χ1n) is 4.37. The molecule has 2 aromatic rings. The monoisotopic (exact) mass is 191 g/mol. The van der Waals surface area contributed by atoms with Crippen LogP contribution < -0.4 is 0 Å². The summed E-state index contributed by atoms with van der Waals surface area (Å²) in [5.74, 6) is 1.14. The Balaban J connectivity index is 2.49. The van der Waals surface area contributed by atoms with E-state index in [-0.39, 0.29) is 5.82 Å². The highest BCUT2D eigenvalue weighted by molar-refractivity contribution is 5.60. The molecule has 1 aromatic heterocycles. The Labute approximate surface area is 81.4 Å². The summed E-state index contributed by atoms with van der Waals surface area (Å²) < 4.78 is 18.0. The normalized spacial score (nSPS) is 10.5. The third kappa shape index (κ3) is 1.53. The molecule has 3 heteroatoms. The lowest BCUT2D eigenvalue weighted by atomic mass is 10.1. The van der Waals surface area contributed by atoms with Gasteiger partial charge in [-0.2, -0.15) is 0 Å². The van der Waals surface area contributed by atoms with Gasteiger partial charge in [-0.05, 0) is 31.2 Å². The van der Waals surface area contributed by atoms with Crippen molar-refractivity contribution < 1.29 is 8.81 Å². The number of halogens is 1. The van der Waals surface area contributed by atoms with Crippen molar-refractivity contribution in [2.24, 2.45) is 0 Å². The van der Waals surface area contributed by atoms with Gasteiger partial charge in [-0.1, -0.05) is 0 Å². The maximum atomic E-state index is 12.7. The first kappa shape index (κ1) is 8.94. The number of hydrogen-bond acceptors (Lipinski definition) is 2. The summed E-state index contributed by atoms with van der Waals surface area (Å²) >= 11 is 0. The Morgan fingerprint density at radius 2 is 1.79 bits per heavy atom. The van der Waals surface area contributed by atoms with E-state index in [1.165, 1.54) is 12.1 Å². The maximum Gasteiger partial charge on any atom is 0.191 e. The third-order valence-electron chi connectivity index (χ3n) is 2.02. The molecule has 72 valence electrons. The minimum Gasteiger partial charge on any atom is -0.446 e. The van der Waals surface area contributed by atoms with E-state index in [1.54, 1.807) is 19.1 Å². The summed E-state index contributed by atoms with van der Waals surface area (Å²) in [4.78, 5) is 4.22. The van der Waals surface area contributed by atoms with Gasteiger partial charge in [0, 0.05) is 12.5 Å². The molecule has 0 saturated carbocycles. The average Bonchev–Trinajstić information content (AvgIpc) is 2.47. The van der Waals surface area contributed by atoms with Crippen LogP contribution in [0.2, 0.25) is 0 Å². The molecule has 0 bridgehead atoms. The number of oxazole rings is 1. The van der Waals surface area contributed by atoms with E-state index in [2.05, 4.69) is 4.98 Å². The number of rotatable bonds is 1. The Morgan fingerprint density at radius 1 is 1.14 bits per heavy atom. The number of hydrogen-bond donors (Lipinski definition) is 0. The first-order valence-corrected chi connectivity index (χ1v) is 4.37. The second-order valence-electron chi connectivity index (χ2n) is 3.14. The topological polar surface area (TPSA) is 26.0 Å². The predicted molar refractivity (Wildman–Crippen MR) is 51.4 cm³/mol. The minimum atomic E-state index is -0.244. The van der Waals surface area contributed by atoms with E-state index in [9.17, 15) is 4.39 Å². The zero-order valence-corrected chi connectivity index (χ0v) is 8.04. The molecule has 1 aromatic carbocycles. The van der Waals surface area contributed by atoms with Crippen molar-refractivity contribution in [2.45, 2.75) is 13.8 Å². The van der Waals surface area contributed by atoms with Crippen LogP contribution in [0, 0.1) is 19.7 Å². The van der Waals surface area contributed by atoms with Gasteiger partial charge in [0.25, 0.3) is 0 Å². The molecule has 0 N–H and O–H groups in total. The summed E-state index contributed by atoms with van der Waals surface area (Å²) in [6, 6.07) is 6.22. The fraction of sp³-hybridized carbons (Fsp3) is 0.182. The van der Waals surface area contributed by atoms with Crippen molar-refractivity contribution in [3.05, 3.63) is 41.7 Å². The van der Waals surface area contributed by atoms with Gasteiger partial charge in [0.05, 0.1) is 0 Å². The van der Waals surface area contributed by atoms with Crippen molar-refractivity contribution in [1.82, 2.24) is 4.98 Å². The molecule has 0 unspecified atom stereocenters. The lowest BCUT2D eigenvalue weighted by Gasteiger charge is -1.96. The smallest absolute Gasteiger partial charge is 0.191 e. The largest absolute Gasteiger partial charge is 0.446 e. The predicted octanol–water partition coefficient (Wildman–Crippen LogP) is 3.10.